The minimum absolute atomic E-state index is 0.159. The van der Waals surface area contributed by atoms with Gasteiger partial charge in [-0.3, -0.25) is 4.79 Å². The van der Waals surface area contributed by atoms with Crippen LogP contribution in [0.15, 0.2) is 22.7 Å². The molecule has 118 valence electrons. The van der Waals surface area contributed by atoms with E-state index in [4.69, 9.17) is 0 Å². The molecule has 0 aliphatic carbocycles. The largest absolute Gasteiger partial charge is 0.352 e. The molecule has 0 aromatic heterocycles. The van der Waals surface area contributed by atoms with Gasteiger partial charge in [0, 0.05) is 24.1 Å². The Morgan fingerprint density at radius 3 is 2.62 bits per heavy atom. The summed E-state index contributed by atoms with van der Waals surface area (Å²) in [5.74, 6) is -0.159. The van der Waals surface area contributed by atoms with E-state index >= 15 is 0 Å². The summed E-state index contributed by atoms with van der Waals surface area (Å²) in [5.41, 5.74) is 1.60. The molecule has 0 aliphatic heterocycles. The normalized spacial score (nSPS) is 11.7. The maximum Gasteiger partial charge on any atom is 0.252 e. The van der Waals surface area contributed by atoms with Gasteiger partial charge in [0.25, 0.3) is 5.91 Å². The fourth-order valence-electron chi connectivity index (χ4n) is 1.92. The van der Waals surface area contributed by atoms with Gasteiger partial charge in [0.2, 0.25) is 10.0 Å². The number of nitrogens with zero attached hydrogens (tertiary/aromatic N) is 1. The first-order valence-electron chi connectivity index (χ1n) is 6.75. The summed E-state index contributed by atoms with van der Waals surface area (Å²) in [6, 6.07) is 5.58. The second kappa shape index (κ2) is 7.91. The van der Waals surface area contributed by atoms with Crippen molar-refractivity contribution in [3.05, 3.63) is 33.8 Å². The number of hydrogen-bond donors (Lipinski definition) is 1. The highest BCUT2D eigenvalue weighted by molar-refractivity contribution is 9.10. The molecule has 5 nitrogen and oxygen atoms in total. The average Bonchev–Trinajstić information content (AvgIpc) is 2.39. The van der Waals surface area contributed by atoms with Crippen molar-refractivity contribution in [3.63, 3.8) is 0 Å². The van der Waals surface area contributed by atoms with Crippen LogP contribution in [0, 0.1) is 6.92 Å². The second-order valence-electron chi connectivity index (χ2n) is 4.85. The zero-order valence-corrected chi connectivity index (χ0v) is 14.9. The van der Waals surface area contributed by atoms with Gasteiger partial charge in [-0.15, -0.1) is 0 Å². The number of rotatable bonds is 7. The summed E-state index contributed by atoms with van der Waals surface area (Å²) in [6.45, 7) is 5.00. The Bertz CT molecular complexity index is 602. The first-order chi connectivity index (χ1) is 9.75. The fraction of sp³-hybridized carbons (Fsp3) is 0.500. The molecule has 21 heavy (non-hydrogen) atoms. The summed E-state index contributed by atoms with van der Waals surface area (Å²) in [7, 11) is -3.17. The molecule has 7 heteroatoms. The molecule has 1 aromatic carbocycles. The maximum absolute atomic E-state index is 12.1. The van der Waals surface area contributed by atoms with Crippen molar-refractivity contribution in [2.75, 3.05) is 25.9 Å². The Balaban J connectivity index is 2.49. The lowest BCUT2D eigenvalue weighted by atomic mass is 10.1. The van der Waals surface area contributed by atoms with E-state index in [9.17, 15) is 13.2 Å². The molecular weight excluding hydrogens is 356 g/mol. The first-order valence-corrected chi connectivity index (χ1v) is 9.39. The molecule has 0 saturated heterocycles. The molecule has 1 amide bonds. The van der Waals surface area contributed by atoms with Gasteiger partial charge >= 0.3 is 0 Å². The van der Waals surface area contributed by atoms with Crippen LogP contribution < -0.4 is 5.32 Å². The molecular formula is C14H21BrN2O3S. The predicted octanol–water partition coefficient (Wildman–Crippen LogP) is 2.16. The Morgan fingerprint density at radius 2 is 2.05 bits per heavy atom. The molecule has 0 unspecified atom stereocenters. The molecule has 0 atom stereocenters. The third kappa shape index (κ3) is 5.76. The van der Waals surface area contributed by atoms with Crippen LogP contribution in [0.2, 0.25) is 0 Å². The van der Waals surface area contributed by atoms with Crippen molar-refractivity contribution in [1.82, 2.24) is 9.62 Å². The van der Waals surface area contributed by atoms with Crippen molar-refractivity contribution in [2.45, 2.75) is 20.3 Å². The third-order valence-corrected chi connectivity index (χ3v) is 5.13. The molecule has 0 radical (unpaired) electrons. The number of sulfonamides is 1. The van der Waals surface area contributed by atoms with Crippen LogP contribution >= 0.6 is 15.9 Å². The Morgan fingerprint density at radius 1 is 1.38 bits per heavy atom. The lowest BCUT2D eigenvalue weighted by Crippen LogP contribution is -2.33. The van der Waals surface area contributed by atoms with Gasteiger partial charge in [0.15, 0.2) is 0 Å². The average molecular weight is 377 g/mol. The van der Waals surface area contributed by atoms with E-state index in [1.807, 2.05) is 25.1 Å². The quantitative estimate of drug-likeness (QED) is 0.741. The maximum atomic E-state index is 12.1. The van der Waals surface area contributed by atoms with Crippen molar-refractivity contribution < 1.29 is 13.2 Å². The summed E-state index contributed by atoms with van der Waals surface area (Å²) in [4.78, 5) is 12.1. The smallest absolute Gasteiger partial charge is 0.252 e. The van der Waals surface area contributed by atoms with Crippen LogP contribution in [0.4, 0.5) is 0 Å². The minimum atomic E-state index is -3.17. The number of carbonyl (C=O) groups is 1. The molecule has 0 aliphatic rings. The monoisotopic (exact) mass is 376 g/mol. The van der Waals surface area contributed by atoms with Crippen LogP contribution in [0.5, 0.6) is 0 Å². The van der Waals surface area contributed by atoms with Gasteiger partial charge < -0.3 is 5.32 Å². The van der Waals surface area contributed by atoms with E-state index in [0.29, 0.717) is 31.6 Å². The SMILES string of the molecule is CCN(CCCNC(=O)c1cc(C)ccc1Br)S(C)(=O)=O. The van der Waals surface area contributed by atoms with E-state index < -0.39 is 10.0 Å². The first kappa shape index (κ1) is 18.1. The van der Waals surface area contributed by atoms with Crippen molar-refractivity contribution in [3.8, 4) is 0 Å². The molecule has 1 aromatic rings. The van der Waals surface area contributed by atoms with Crippen LogP contribution in [0.1, 0.15) is 29.3 Å². The zero-order valence-electron chi connectivity index (χ0n) is 12.5. The lowest BCUT2D eigenvalue weighted by molar-refractivity contribution is 0.0952. The van der Waals surface area contributed by atoms with Crippen LogP contribution in [0.3, 0.4) is 0 Å². The number of halogens is 1. The van der Waals surface area contributed by atoms with Gasteiger partial charge in [0.1, 0.15) is 0 Å². The Hall–Kier alpha value is -0.920. The van der Waals surface area contributed by atoms with Crippen LogP contribution in [-0.2, 0) is 10.0 Å². The second-order valence-corrected chi connectivity index (χ2v) is 7.68. The molecule has 1 N–H and O–H groups in total. The number of carbonyl (C=O) groups excluding carboxylic acids is 1. The number of amides is 1. The summed E-state index contributed by atoms with van der Waals surface area (Å²) in [5, 5.41) is 2.81. The summed E-state index contributed by atoms with van der Waals surface area (Å²) < 4.78 is 25.0. The third-order valence-electron chi connectivity index (χ3n) is 3.06. The molecule has 0 spiro atoms. The van der Waals surface area contributed by atoms with E-state index in [2.05, 4.69) is 21.2 Å². The number of benzene rings is 1. The Kier molecular flexibility index (Phi) is 6.83. The molecule has 0 saturated carbocycles. The van der Waals surface area contributed by atoms with Crippen molar-refractivity contribution >= 4 is 31.9 Å². The van der Waals surface area contributed by atoms with Gasteiger partial charge in [-0.05, 0) is 41.4 Å². The number of aryl methyl sites for hydroxylation is 1. The van der Waals surface area contributed by atoms with E-state index in [0.717, 1.165) is 10.0 Å². The van der Waals surface area contributed by atoms with Gasteiger partial charge in [0.05, 0.1) is 11.8 Å². The van der Waals surface area contributed by atoms with E-state index in [-0.39, 0.29) is 5.91 Å². The topological polar surface area (TPSA) is 66.5 Å². The number of nitrogens with one attached hydrogen (secondary N) is 1. The van der Waals surface area contributed by atoms with Crippen LogP contribution in [0.25, 0.3) is 0 Å². The van der Waals surface area contributed by atoms with Gasteiger partial charge in [-0.2, -0.15) is 0 Å². The summed E-state index contributed by atoms with van der Waals surface area (Å²) in [6.07, 6.45) is 1.77. The van der Waals surface area contributed by atoms with Crippen molar-refractivity contribution in [2.24, 2.45) is 0 Å². The molecule has 0 heterocycles. The van der Waals surface area contributed by atoms with Gasteiger partial charge in [-0.1, -0.05) is 18.6 Å². The van der Waals surface area contributed by atoms with Crippen LogP contribution in [-0.4, -0.2) is 44.5 Å². The van der Waals surface area contributed by atoms with Gasteiger partial charge in [-0.25, -0.2) is 12.7 Å². The Labute approximate surface area is 134 Å². The van der Waals surface area contributed by atoms with E-state index in [1.54, 1.807) is 6.92 Å². The zero-order chi connectivity index (χ0) is 16.0. The molecule has 1 rings (SSSR count). The highest BCUT2D eigenvalue weighted by Crippen LogP contribution is 2.17. The molecule has 0 fully saturated rings. The lowest BCUT2D eigenvalue weighted by Gasteiger charge is -2.17. The molecule has 0 bridgehead atoms. The summed E-state index contributed by atoms with van der Waals surface area (Å²) >= 11 is 3.35. The van der Waals surface area contributed by atoms with E-state index in [1.165, 1.54) is 10.6 Å². The fourth-order valence-corrected chi connectivity index (χ4v) is 3.28. The highest BCUT2D eigenvalue weighted by atomic mass is 79.9. The highest BCUT2D eigenvalue weighted by Gasteiger charge is 2.14. The predicted molar refractivity (Wildman–Crippen MR) is 87.9 cm³/mol. The van der Waals surface area contributed by atoms with Crippen molar-refractivity contribution in [1.29, 1.82) is 0 Å². The number of hydrogen-bond acceptors (Lipinski definition) is 3. The minimum Gasteiger partial charge on any atom is -0.352 e. The standard InChI is InChI=1S/C14H21BrN2O3S/c1-4-17(21(3,19)20)9-5-8-16-14(18)12-10-11(2)6-7-13(12)15/h6-7,10H,4-5,8-9H2,1-3H3,(H,16,18).